The number of hydrogen-bond acceptors (Lipinski definition) is 5. The number of pyridine rings is 1. The standard InChI is InChI=1S/C13H19N3O3/c1-14-12-7-9(3-5-15-12)13(17)16-10-8-19-6-4-11(10)18-2/h3,5,7,10-11H,4,6,8H2,1-2H3,(H,14,15)(H,16,17)/t10-,11-/m1/s1. The van der Waals surface area contributed by atoms with Crippen molar-refractivity contribution in [3.63, 3.8) is 0 Å². The predicted octanol–water partition coefficient (Wildman–Crippen LogP) is 0.657. The van der Waals surface area contributed by atoms with Crippen molar-refractivity contribution in [1.29, 1.82) is 0 Å². The second kappa shape index (κ2) is 6.49. The third kappa shape index (κ3) is 3.42. The number of methoxy groups -OCH3 is 1. The van der Waals surface area contributed by atoms with Gasteiger partial charge in [-0.3, -0.25) is 4.79 Å². The first-order valence-corrected chi connectivity index (χ1v) is 6.30. The lowest BCUT2D eigenvalue weighted by Crippen LogP contribution is -2.50. The topological polar surface area (TPSA) is 72.5 Å². The zero-order valence-corrected chi connectivity index (χ0v) is 11.2. The van der Waals surface area contributed by atoms with Gasteiger partial charge in [0, 0.05) is 32.5 Å². The van der Waals surface area contributed by atoms with E-state index in [2.05, 4.69) is 15.6 Å². The molecule has 1 aromatic rings. The van der Waals surface area contributed by atoms with E-state index in [-0.39, 0.29) is 18.1 Å². The number of rotatable bonds is 4. The van der Waals surface area contributed by atoms with Gasteiger partial charge in [-0.15, -0.1) is 0 Å². The maximum Gasteiger partial charge on any atom is 0.251 e. The van der Waals surface area contributed by atoms with E-state index in [1.54, 1.807) is 32.5 Å². The summed E-state index contributed by atoms with van der Waals surface area (Å²) < 4.78 is 10.7. The highest BCUT2D eigenvalue weighted by Gasteiger charge is 2.27. The lowest BCUT2D eigenvalue weighted by Gasteiger charge is -2.31. The number of nitrogens with zero attached hydrogens (tertiary/aromatic N) is 1. The summed E-state index contributed by atoms with van der Waals surface area (Å²) in [5, 5.41) is 5.85. The fourth-order valence-electron chi connectivity index (χ4n) is 2.10. The largest absolute Gasteiger partial charge is 0.379 e. The van der Waals surface area contributed by atoms with Crippen molar-refractivity contribution in [2.45, 2.75) is 18.6 Å². The van der Waals surface area contributed by atoms with Gasteiger partial charge in [0.1, 0.15) is 5.82 Å². The molecule has 6 heteroatoms. The zero-order chi connectivity index (χ0) is 13.7. The molecule has 0 saturated carbocycles. The Kier molecular flexibility index (Phi) is 4.70. The van der Waals surface area contributed by atoms with Gasteiger partial charge in [0.15, 0.2) is 0 Å². The smallest absolute Gasteiger partial charge is 0.251 e. The van der Waals surface area contributed by atoms with Gasteiger partial charge in [-0.1, -0.05) is 0 Å². The molecular formula is C13H19N3O3. The van der Waals surface area contributed by atoms with E-state index in [1.807, 2.05) is 0 Å². The van der Waals surface area contributed by atoms with E-state index in [0.717, 1.165) is 6.42 Å². The Balaban J connectivity index is 2.02. The van der Waals surface area contributed by atoms with Gasteiger partial charge < -0.3 is 20.1 Å². The number of amides is 1. The van der Waals surface area contributed by atoms with E-state index in [0.29, 0.717) is 24.6 Å². The maximum absolute atomic E-state index is 12.2. The molecule has 1 aliphatic rings. The third-order valence-electron chi connectivity index (χ3n) is 3.19. The molecule has 104 valence electrons. The van der Waals surface area contributed by atoms with Crippen LogP contribution >= 0.6 is 0 Å². The van der Waals surface area contributed by atoms with Crippen molar-refractivity contribution < 1.29 is 14.3 Å². The van der Waals surface area contributed by atoms with Gasteiger partial charge in [-0.05, 0) is 18.6 Å². The molecule has 1 aromatic heterocycles. The van der Waals surface area contributed by atoms with E-state index in [1.165, 1.54) is 0 Å². The number of aromatic nitrogens is 1. The van der Waals surface area contributed by atoms with Crippen molar-refractivity contribution in [1.82, 2.24) is 10.3 Å². The van der Waals surface area contributed by atoms with E-state index in [9.17, 15) is 4.79 Å². The molecule has 0 radical (unpaired) electrons. The summed E-state index contributed by atoms with van der Waals surface area (Å²) in [6.07, 6.45) is 2.40. The fraction of sp³-hybridized carbons (Fsp3) is 0.538. The Morgan fingerprint density at radius 3 is 3.16 bits per heavy atom. The first-order valence-electron chi connectivity index (χ1n) is 6.30. The Morgan fingerprint density at radius 1 is 1.58 bits per heavy atom. The monoisotopic (exact) mass is 265 g/mol. The number of anilines is 1. The molecule has 0 spiro atoms. The van der Waals surface area contributed by atoms with E-state index >= 15 is 0 Å². The van der Waals surface area contributed by atoms with Crippen LogP contribution in [0.1, 0.15) is 16.8 Å². The molecule has 1 fully saturated rings. The summed E-state index contributed by atoms with van der Waals surface area (Å²) in [6, 6.07) is 3.28. The van der Waals surface area contributed by atoms with Crippen LogP contribution in [-0.4, -0.2) is 50.4 Å². The van der Waals surface area contributed by atoms with Gasteiger partial charge in [-0.2, -0.15) is 0 Å². The van der Waals surface area contributed by atoms with Crippen molar-refractivity contribution in [3.8, 4) is 0 Å². The molecule has 0 unspecified atom stereocenters. The number of hydrogen-bond donors (Lipinski definition) is 2. The molecule has 19 heavy (non-hydrogen) atoms. The minimum Gasteiger partial charge on any atom is -0.379 e. The van der Waals surface area contributed by atoms with Crippen LogP contribution in [0.3, 0.4) is 0 Å². The number of carbonyl (C=O) groups excluding carboxylic acids is 1. The summed E-state index contributed by atoms with van der Waals surface area (Å²) in [6.45, 7) is 1.15. The summed E-state index contributed by atoms with van der Waals surface area (Å²) in [7, 11) is 3.42. The second-order valence-electron chi connectivity index (χ2n) is 4.40. The average Bonchev–Trinajstić information content (AvgIpc) is 2.47. The van der Waals surface area contributed by atoms with Gasteiger partial charge in [0.05, 0.1) is 18.8 Å². The van der Waals surface area contributed by atoms with Gasteiger partial charge >= 0.3 is 0 Å². The van der Waals surface area contributed by atoms with E-state index in [4.69, 9.17) is 9.47 Å². The number of carbonyl (C=O) groups is 1. The van der Waals surface area contributed by atoms with Gasteiger partial charge in [-0.25, -0.2) is 4.98 Å². The number of nitrogens with one attached hydrogen (secondary N) is 2. The Bertz CT molecular complexity index is 439. The average molecular weight is 265 g/mol. The highest BCUT2D eigenvalue weighted by molar-refractivity contribution is 5.95. The van der Waals surface area contributed by atoms with Gasteiger partial charge in [0.25, 0.3) is 5.91 Å². The molecule has 0 aliphatic carbocycles. The zero-order valence-electron chi connectivity index (χ0n) is 11.2. The van der Waals surface area contributed by atoms with Crippen molar-refractivity contribution in [3.05, 3.63) is 23.9 Å². The van der Waals surface area contributed by atoms with Crippen LogP contribution in [0.5, 0.6) is 0 Å². The highest BCUT2D eigenvalue weighted by Crippen LogP contribution is 2.12. The van der Waals surface area contributed by atoms with Crippen LogP contribution in [0.2, 0.25) is 0 Å². The van der Waals surface area contributed by atoms with Crippen LogP contribution in [0.25, 0.3) is 0 Å². The van der Waals surface area contributed by atoms with Crippen molar-refractivity contribution in [2.75, 3.05) is 32.7 Å². The summed E-state index contributed by atoms with van der Waals surface area (Å²) in [4.78, 5) is 16.2. The predicted molar refractivity (Wildman–Crippen MR) is 71.3 cm³/mol. The molecule has 0 aromatic carbocycles. The third-order valence-corrected chi connectivity index (χ3v) is 3.19. The van der Waals surface area contributed by atoms with Crippen LogP contribution in [0.4, 0.5) is 5.82 Å². The first kappa shape index (κ1) is 13.8. The molecule has 2 atom stereocenters. The van der Waals surface area contributed by atoms with Crippen LogP contribution in [-0.2, 0) is 9.47 Å². The summed E-state index contributed by atoms with van der Waals surface area (Å²) in [5.74, 6) is 0.521. The van der Waals surface area contributed by atoms with Gasteiger partial charge in [0.2, 0.25) is 0 Å². The van der Waals surface area contributed by atoms with Crippen molar-refractivity contribution >= 4 is 11.7 Å². The Hall–Kier alpha value is -1.66. The molecule has 0 bridgehead atoms. The number of ether oxygens (including phenoxy) is 2. The fourth-order valence-corrected chi connectivity index (χ4v) is 2.10. The second-order valence-corrected chi connectivity index (χ2v) is 4.40. The quantitative estimate of drug-likeness (QED) is 0.836. The molecule has 2 heterocycles. The van der Waals surface area contributed by atoms with Crippen LogP contribution < -0.4 is 10.6 Å². The molecule has 2 N–H and O–H groups in total. The molecule has 1 aliphatic heterocycles. The SMILES string of the molecule is CNc1cc(C(=O)N[C@@H]2COCC[C@H]2OC)ccn1. The Labute approximate surface area is 112 Å². The van der Waals surface area contributed by atoms with Crippen molar-refractivity contribution in [2.24, 2.45) is 0 Å². The lowest BCUT2D eigenvalue weighted by atomic mass is 10.1. The molecular weight excluding hydrogens is 246 g/mol. The molecule has 1 saturated heterocycles. The Morgan fingerprint density at radius 2 is 2.42 bits per heavy atom. The minimum absolute atomic E-state index is 0.00306. The van der Waals surface area contributed by atoms with Crippen LogP contribution in [0.15, 0.2) is 18.3 Å². The first-order chi connectivity index (χ1) is 9.24. The lowest BCUT2D eigenvalue weighted by molar-refractivity contribution is -0.0349. The maximum atomic E-state index is 12.2. The molecule has 2 rings (SSSR count). The highest BCUT2D eigenvalue weighted by atomic mass is 16.5. The van der Waals surface area contributed by atoms with Crippen LogP contribution in [0, 0.1) is 0 Å². The molecule has 1 amide bonds. The normalized spacial score (nSPS) is 22.8. The summed E-state index contributed by atoms with van der Waals surface area (Å²) in [5.41, 5.74) is 0.569. The minimum atomic E-state index is -0.142. The summed E-state index contributed by atoms with van der Waals surface area (Å²) >= 11 is 0. The molecule has 6 nitrogen and oxygen atoms in total. The van der Waals surface area contributed by atoms with E-state index < -0.39 is 0 Å².